The Morgan fingerprint density at radius 1 is 0.676 bits per heavy atom. The van der Waals surface area contributed by atoms with Crippen LogP contribution in [0.2, 0.25) is 0 Å². The lowest BCUT2D eigenvalue weighted by Gasteiger charge is -2.22. The van der Waals surface area contributed by atoms with Crippen LogP contribution in [0.3, 0.4) is 0 Å². The number of para-hydroxylation sites is 3. The van der Waals surface area contributed by atoms with Crippen molar-refractivity contribution in [2.45, 2.75) is 19.3 Å². The van der Waals surface area contributed by atoms with Gasteiger partial charge < -0.3 is 14.0 Å². The highest BCUT2D eigenvalue weighted by molar-refractivity contribution is 6.50. The summed E-state index contributed by atoms with van der Waals surface area (Å²) in [4.78, 5) is 0. The van der Waals surface area contributed by atoms with Gasteiger partial charge in [-0.2, -0.15) is 0 Å². The van der Waals surface area contributed by atoms with Crippen molar-refractivity contribution in [1.29, 1.82) is 0 Å². The van der Waals surface area contributed by atoms with E-state index in [9.17, 15) is 5.02 Å². The summed E-state index contributed by atoms with van der Waals surface area (Å²) < 4.78 is 8.89. The zero-order chi connectivity index (χ0) is 24.9. The van der Waals surface area contributed by atoms with E-state index in [-0.39, 0.29) is 12.9 Å². The molecule has 1 aliphatic rings. The third kappa shape index (κ3) is 2.56. The van der Waals surface area contributed by atoms with E-state index in [1.807, 2.05) is 12.1 Å². The molecule has 3 nitrogen and oxygen atoms in total. The fourth-order valence-electron chi connectivity index (χ4n) is 6.76. The maximum atomic E-state index is 9.94. The fourth-order valence-corrected chi connectivity index (χ4v) is 6.76. The average molecular weight is 477 g/mol. The third-order valence-electron chi connectivity index (χ3n) is 8.35. The van der Waals surface area contributed by atoms with Gasteiger partial charge in [0.1, 0.15) is 5.58 Å². The van der Waals surface area contributed by atoms with Gasteiger partial charge in [-0.05, 0) is 45.9 Å². The van der Waals surface area contributed by atoms with Crippen molar-refractivity contribution in [1.82, 2.24) is 4.57 Å². The standard InChI is InChI=1S/C33H24BNO2/c1-33(2)24-13-5-3-9-19(24)20-17-18-27-29(30(20)33)23-10-4-6-15-26(23)35(27)28-16-8-12-22-21-11-7-14-25(34-36)31(21)37-32(22)28/h3-18,34,36H,1-2H3. The molecule has 8 rings (SSSR count). The van der Waals surface area contributed by atoms with Gasteiger partial charge in [-0.3, -0.25) is 0 Å². The molecule has 0 fully saturated rings. The summed E-state index contributed by atoms with van der Waals surface area (Å²) in [6, 6.07) is 34.4. The van der Waals surface area contributed by atoms with Crippen LogP contribution in [0, 0.1) is 0 Å². The Bertz CT molecular complexity index is 2060. The Hall–Kier alpha value is -4.28. The Labute approximate surface area is 214 Å². The summed E-state index contributed by atoms with van der Waals surface area (Å²) in [5.41, 5.74) is 11.1. The molecule has 1 N–H and O–H groups in total. The second-order valence-corrected chi connectivity index (χ2v) is 10.6. The molecule has 2 heterocycles. The molecule has 0 spiro atoms. The quantitative estimate of drug-likeness (QED) is 0.274. The fraction of sp³-hybridized carbons (Fsp3) is 0.0909. The van der Waals surface area contributed by atoms with E-state index in [0.717, 1.165) is 38.6 Å². The minimum atomic E-state index is -0.109. The summed E-state index contributed by atoms with van der Waals surface area (Å²) in [7, 11) is -0.0519. The first kappa shape index (κ1) is 20.9. The van der Waals surface area contributed by atoms with Crippen molar-refractivity contribution in [3.63, 3.8) is 0 Å². The Morgan fingerprint density at radius 3 is 2.27 bits per heavy atom. The van der Waals surface area contributed by atoms with Crippen LogP contribution < -0.4 is 5.46 Å². The second-order valence-electron chi connectivity index (χ2n) is 10.6. The van der Waals surface area contributed by atoms with E-state index in [1.165, 1.54) is 38.5 Å². The highest BCUT2D eigenvalue weighted by Crippen LogP contribution is 2.53. The SMILES string of the molecule is CC1(C)c2ccccc2-c2ccc3c(c21)c1ccccc1n3-c1cccc2c1oc1c(BO)cccc12. The zero-order valence-corrected chi connectivity index (χ0v) is 20.7. The topological polar surface area (TPSA) is 38.3 Å². The van der Waals surface area contributed by atoms with Crippen LogP contribution in [0.5, 0.6) is 0 Å². The monoisotopic (exact) mass is 477 g/mol. The molecule has 0 saturated heterocycles. The molecule has 0 atom stereocenters. The van der Waals surface area contributed by atoms with E-state index in [1.54, 1.807) is 0 Å². The largest absolute Gasteiger partial charge is 0.454 e. The van der Waals surface area contributed by atoms with Crippen molar-refractivity contribution >= 4 is 56.7 Å². The molecular weight excluding hydrogens is 453 g/mol. The molecule has 0 amide bonds. The molecule has 176 valence electrons. The van der Waals surface area contributed by atoms with Crippen LogP contribution in [0.15, 0.2) is 101 Å². The molecule has 1 aliphatic carbocycles. The minimum Gasteiger partial charge on any atom is -0.454 e. The highest BCUT2D eigenvalue weighted by atomic mass is 16.3. The molecule has 0 aliphatic heterocycles. The van der Waals surface area contributed by atoms with E-state index in [2.05, 4.69) is 103 Å². The molecule has 0 saturated carbocycles. The lowest BCUT2D eigenvalue weighted by Crippen LogP contribution is -2.15. The van der Waals surface area contributed by atoms with Crippen molar-refractivity contribution < 1.29 is 9.44 Å². The van der Waals surface area contributed by atoms with Crippen LogP contribution >= 0.6 is 0 Å². The minimum absolute atomic E-state index is 0.0519. The van der Waals surface area contributed by atoms with E-state index in [0.29, 0.717) is 0 Å². The first-order valence-electron chi connectivity index (χ1n) is 12.8. The van der Waals surface area contributed by atoms with Gasteiger partial charge >= 0.3 is 7.48 Å². The van der Waals surface area contributed by atoms with Gasteiger partial charge in [0.2, 0.25) is 0 Å². The van der Waals surface area contributed by atoms with E-state index >= 15 is 0 Å². The summed E-state index contributed by atoms with van der Waals surface area (Å²) in [5, 5.41) is 14.6. The second kappa shape index (κ2) is 7.15. The smallest absolute Gasteiger partial charge is 0.308 e. The Morgan fingerprint density at radius 2 is 1.41 bits per heavy atom. The van der Waals surface area contributed by atoms with E-state index < -0.39 is 0 Å². The first-order valence-corrected chi connectivity index (χ1v) is 12.8. The maximum Gasteiger partial charge on any atom is 0.308 e. The zero-order valence-electron chi connectivity index (χ0n) is 20.7. The predicted octanol–water partition coefficient (Wildman–Crippen LogP) is 6.96. The number of fused-ring (bicyclic) bond motifs is 10. The van der Waals surface area contributed by atoms with Crippen LogP contribution in [-0.4, -0.2) is 17.1 Å². The van der Waals surface area contributed by atoms with Gasteiger partial charge in [-0.25, -0.2) is 0 Å². The van der Waals surface area contributed by atoms with Gasteiger partial charge in [0.25, 0.3) is 0 Å². The lowest BCUT2D eigenvalue weighted by molar-refractivity contribution is 0.613. The number of hydrogen-bond donors (Lipinski definition) is 1. The molecule has 0 radical (unpaired) electrons. The Balaban J connectivity index is 1.54. The number of nitrogens with zero attached hydrogens (tertiary/aromatic N) is 1. The van der Waals surface area contributed by atoms with Gasteiger partial charge in [0.15, 0.2) is 5.58 Å². The molecule has 2 aromatic heterocycles. The molecule has 7 aromatic rings. The van der Waals surface area contributed by atoms with Gasteiger partial charge in [-0.15, -0.1) is 0 Å². The number of benzene rings is 5. The van der Waals surface area contributed by atoms with E-state index in [4.69, 9.17) is 4.42 Å². The molecule has 37 heavy (non-hydrogen) atoms. The van der Waals surface area contributed by atoms with Gasteiger partial charge in [0, 0.05) is 27.0 Å². The molecular formula is C33H24BNO2. The molecule has 5 aromatic carbocycles. The van der Waals surface area contributed by atoms with Crippen molar-refractivity contribution in [3.05, 3.63) is 108 Å². The van der Waals surface area contributed by atoms with Crippen molar-refractivity contribution in [2.24, 2.45) is 0 Å². The number of hydrogen-bond acceptors (Lipinski definition) is 2. The highest BCUT2D eigenvalue weighted by Gasteiger charge is 2.38. The van der Waals surface area contributed by atoms with Crippen molar-refractivity contribution in [2.75, 3.05) is 0 Å². The number of rotatable bonds is 2. The summed E-state index contributed by atoms with van der Waals surface area (Å²) >= 11 is 0. The number of aromatic nitrogens is 1. The summed E-state index contributed by atoms with van der Waals surface area (Å²) in [6.07, 6.45) is 0. The third-order valence-corrected chi connectivity index (χ3v) is 8.35. The van der Waals surface area contributed by atoms with Crippen LogP contribution in [0.1, 0.15) is 25.0 Å². The molecule has 4 heteroatoms. The van der Waals surface area contributed by atoms with Crippen molar-refractivity contribution in [3.8, 4) is 16.8 Å². The van der Waals surface area contributed by atoms with Crippen LogP contribution in [0.25, 0.3) is 60.6 Å². The molecule has 0 bridgehead atoms. The normalized spacial score (nSPS) is 14.0. The predicted molar refractivity (Wildman–Crippen MR) is 155 cm³/mol. The maximum absolute atomic E-state index is 9.94. The van der Waals surface area contributed by atoms with Crippen LogP contribution in [0.4, 0.5) is 0 Å². The van der Waals surface area contributed by atoms with Gasteiger partial charge in [0.05, 0.1) is 16.7 Å². The summed E-state index contributed by atoms with van der Waals surface area (Å²) in [5.74, 6) is 0. The van der Waals surface area contributed by atoms with Gasteiger partial charge in [-0.1, -0.05) is 92.7 Å². The average Bonchev–Trinajstić information content (AvgIpc) is 3.55. The van der Waals surface area contributed by atoms with Crippen LogP contribution in [-0.2, 0) is 5.41 Å². The number of furan rings is 1. The lowest BCUT2D eigenvalue weighted by atomic mass is 9.80. The first-order chi connectivity index (χ1) is 18.1. The Kier molecular flexibility index (Phi) is 4.03. The molecule has 0 unspecified atom stereocenters. The summed E-state index contributed by atoms with van der Waals surface area (Å²) in [6.45, 7) is 4.69.